The van der Waals surface area contributed by atoms with E-state index in [0.717, 1.165) is 6.07 Å². The molecule has 1 atom stereocenters. The summed E-state index contributed by atoms with van der Waals surface area (Å²) in [6.07, 6.45) is 0. The predicted molar refractivity (Wildman–Crippen MR) is 51.0 cm³/mol. The molecule has 0 spiro atoms. The molecule has 1 aliphatic heterocycles. The molecular formula is C9H8FN3O2. The van der Waals surface area contributed by atoms with Crippen molar-refractivity contribution in [3.63, 3.8) is 0 Å². The molecule has 1 unspecified atom stereocenters. The summed E-state index contributed by atoms with van der Waals surface area (Å²) in [6, 6.07) is 2.23. The van der Waals surface area contributed by atoms with E-state index in [1.54, 1.807) is 0 Å². The quantitative estimate of drug-likeness (QED) is 0.634. The molecule has 6 heteroatoms. The van der Waals surface area contributed by atoms with Gasteiger partial charge in [-0.15, -0.1) is 0 Å². The Bertz CT molecular complexity index is 438. The summed E-state index contributed by atoms with van der Waals surface area (Å²) in [6.45, 7) is 0. The minimum Gasteiger partial charge on any atom is -0.508 e. The number of carbonyl (C=O) groups excluding carboxylic acids is 1. The van der Waals surface area contributed by atoms with E-state index in [2.05, 4.69) is 10.3 Å². The number of amidine groups is 1. The number of hydrogen-bond acceptors (Lipinski definition) is 3. The molecular weight excluding hydrogens is 201 g/mol. The van der Waals surface area contributed by atoms with Gasteiger partial charge in [-0.2, -0.15) is 4.99 Å². The van der Waals surface area contributed by atoms with E-state index in [9.17, 15) is 14.3 Å². The number of aromatic hydroxyl groups is 1. The van der Waals surface area contributed by atoms with Gasteiger partial charge in [-0.25, -0.2) is 9.18 Å². The molecule has 4 N–H and O–H groups in total. The van der Waals surface area contributed by atoms with Gasteiger partial charge in [0.1, 0.15) is 23.4 Å². The molecule has 0 aliphatic carbocycles. The Kier molecular flexibility index (Phi) is 2.03. The van der Waals surface area contributed by atoms with Crippen LogP contribution in [0.1, 0.15) is 11.6 Å². The van der Waals surface area contributed by atoms with Crippen LogP contribution in [0.15, 0.2) is 23.2 Å². The van der Waals surface area contributed by atoms with Gasteiger partial charge in [-0.1, -0.05) is 0 Å². The van der Waals surface area contributed by atoms with Crippen LogP contribution >= 0.6 is 0 Å². The van der Waals surface area contributed by atoms with Crippen molar-refractivity contribution in [1.29, 1.82) is 0 Å². The Labute approximate surface area is 84.4 Å². The summed E-state index contributed by atoms with van der Waals surface area (Å²) >= 11 is 0. The summed E-state index contributed by atoms with van der Waals surface area (Å²) in [7, 11) is 0. The molecule has 2 rings (SSSR count). The third kappa shape index (κ3) is 1.74. The van der Waals surface area contributed by atoms with Crippen LogP contribution < -0.4 is 11.1 Å². The fourth-order valence-corrected chi connectivity index (χ4v) is 1.43. The zero-order chi connectivity index (χ0) is 11.0. The minimum absolute atomic E-state index is 0.0602. The fraction of sp³-hybridized carbons (Fsp3) is 0.111. The van der Waals surface area contributed by atoms with Crippen molar-refractivity contribution in [2.24, 2.45) is 10.7 Å². The second-order valence-electron chi connectivity index (χ2n) is 3.16. The molecule has 1 aromatic carbocycles. The zero-order valence-corrected chi connectivity index (χ0v) is 7.57. The molecule has 15 heavy (non-hydrogen) atoms. The van der Waals surface area contributed by atoms with E-state index in [0.29, 0.717) is 5.56 Å². The topological polar surface area (TPSA) is 87.7 Å². The first kappa shape index (κ1) is 9.45. The minimum atomic E-state index is -0.668. The molecule has 0 aromatic heterocycles. The molecule has 0 bridgehead atoms. The number of carbonyl (C=O) groups is 1. The van der Waals surface area contributed by atoms with Crippen molar-refractivity contribution in [3.8, 4) is 5.75 Å². The summed E-state index contributed by atoms with van der Waals surface area (Å²) in [4.78, 5) is 14.3. The van der Waals surface area contributed by atoms with Crippen LogP contribution in [0, 0.1) is 5.82 Å². The Morgan fingerprint density at radius 2 is 2.20 bits per heavy atom. The van der Waals surface area contributed by atoms with Gasteiger partial charge in [0.25, 0.3) is 0 Å². The van der Waals surface area contributed by atoms with E-state index in [-0.39, 0.29) is 11.6 Å². The number of hydrogen-bond donors (Lipinski definition) is 3. The number of amides is 2. The average molecular weight is 209 g/mol. The van der Waals surface area contributed by atoms with Crippen LogP contribution in [0.5, 0.6) is 5.75 Å². The van der Waals surface area contributed by atoms with E-state index in [1.165, 1.54) is 12.1 Å². The second-order valence-corrected chi connectivity index (χ2v) is 3.16. The van der Waals surface area contributed by atoms with Crippen LogP contribution in [-0.2, 0) is 0 Å². The number of halogens is 1. The first-order valence-corrected chi connectivity index (χ1v) is 4.20. The molecule has 0 radical (unpaired) electrons. The molecule has 1 aromatic rings. The predicted octanol–water partition coefficient (Wildman–Crippen LogP) is 0.653. The molecule has 1 heterocycles. The van der Waals surface area contributed by atoms with Crippen LogP contribution in [-0.4, -0.2) is 17.0 Å². The van der Waals surface area contributed by atoms with Gasteiger partial charge in [0.2, 0.25) is 0 Å². The Balaban J connectivity index is 2.39. The normalized spacial score (nSPS) is 19.9. The van der Waals surface area contributed by atoms with Gasteiger partial charge < -0.3 is 16.2 Å². The van der Waals surface area contributed by atoms with Gasteiger partial charge in [0.15, 0.2) is 0 Å². The van der Waals surface area contributed by atoms with Crippen molar-refractivity contribution < 1.29 is 14.3 Å². The number of phenolic OH excluding ortho intramolecular Hbond substituents is 1. The Morgan fingerprint density at radius 1 is 1.47 bits per heavy atom. The van der Waals surface area contributed by atoms with Crippen molar-refractivity contribution in [2.45, 2.75) is 6.04 Å². The largest absolute Gasteiger partial charge is 0.508 e. The van der Waals surface area contributed by atoms with Gasteiger partial charge >= 0.3 is 6.03 Å². The van der Waals surface area contributed by atoms with Crippen LogP contribution in [0.4, 0.5) is 9.18 Å². The average Bonchev–Trinajstić information content (AvgIpc) is 2.43. The van der Waals surface area contributed by atoms with Crippen LogP contribution in [0.3, 0.4) is 0 Å². The smallest absolute Gasteiger partial charge is 0.343 e. The molecule has 0 saturated heterocycles. The van der Waals surface area contributed by atoms with Crippen molar-refractivity contribution in [1.82, 2.24) is 5.32 Å². The summed E-state index contributed by atoms with van der Waals surface area (Å²) in [5, 5.41) is 11.6. The lowest BCUT2D eigenvalue weighted by Crippen LogP contribution is -2.27. The van der Waals surface area contributed by atoms with Gasteiger partial charge in [0.05, 0.1) is 0 Å². The second kappa shape index (κ2) is 3.23. The van der Waals surface area contributed by atoms with Crippen molar-refractivity contribution in [3.05, 3.63) is 29.6 Å². The third-order valence-electron chi connectivity index (χ3n) is 2.03. The lowest BCUT2D eigenvalue weighted by molar-refractivity contribution is 0.250. The molecule has 0 saturated carbocycles. The summed E-state index contributed by atoms with van der Waals surface area (Å²) in [5.74, 6) is -0.761. The highest BCUT2D eigenvalue weighted by atomic mass is 19.1. The van der Waals surface area contributed by atoms with E-state index in [4.69, 9.17) is 5.73 Å². The number of urea groups is 1. The van der Waals surface area contributed by atoms with Crippen LogP contribution in [0.2, 0.25) is 0 Å². The SMILES string of the molecule is NC1=NC(=O)NC1c1cc(O)cc(F)c1. The summed E-state index contributed by atoms with van der Waals surface area (Å²) in [5.41, 5.74) is 5.82. The number of benzene rings is 1. The maximum Gasteiger partial charge on any atom is 0.343 e. The van der Waals surface area contributed by atoms with E-state index in [1.807, 2.05) is 0 Å². The number of nitrogens with two attached hydrogens (primary N) is 1. The Morgan fingerprint density at radius 3 is 2.73 bits per heavy atom. The number of nitrogens with one attached hydrogen (secondary N) is 1. The molecule has 78 valence electrons. The van der Waals surface area contributed by atoms with E-state index >= 15 is 0 Å². The van der Waals surface area contributed by atoms with Crippen molar-refractivity contribution in [2.75, 3.05) is 0 Å². The fourth-order valence-electron chi connectivity index (χ4n) is 1.43. The number of phenols is 1. The Hall–Kier alpha value is -2.11. The first-order chi connectivity index (χ1) is 7.06. The highest BCUT2D eigenvalue weighted by Crippen LogP contribution is 2.22. The number of aliphatic imine (C=N–C) groups is 1. The van der Waals surface area contributed by atoms with Gasteiger partial charge in [0, 0.05) is 6.07 Å². The number of rotatable bonds is 1. The highest BCUT2D eigenvalue weighted by Gasteiger charge is 2.25. The molecule has 1 aliphatic rings. The zero-order valence-electron chi connectivity index (χ0n) is 7.57. The van der Waals surface area contributed by atoms with Gasteiger partial charge in [-0.3, -0.25) is 0 Å². The van der Waals surface area contributed by atoms with Crippen molar-refractivity contribution >= 4 is 11.9 Å². The molecule has 2 amide bonds. The maximum absolute atomic E-state index is 13.0. The maximum atomic E-state index is 13.0. The first-order valence-electron chi connectivity index (χ1n) is 4.20. The monoisotopic (exact) mass is 209 g/mol. The molecule has 0 fully saturated rings. The van der Waals surface area contributed by atoms with Crippen LogP contribution in [0.25, 0.3) is 0 Å². The molecule has 5 nitrogen and oxygen atoms in total. The highest BCUT2D eigenvalue weighted by molar-refractivity contribution is 6.03. The lowest BCUT2D eigenvalue weighted by atomic mass is 10.1. The standard InChI is InChI=1S/C9H8FN3O2/c10-5-1-4(2-6(14)3-5)7-8(11)13-9(15)12-7/h1-3,7,14H,(H3,11,12,13,15). The van der Waals surface area contributed by atoms with Gasteiger partial charge in [-0.05, 0) is 17.7 Å². The third-order valence-corrected chi connectivity index (χ3v) is 2.03. The summed E-state index contributed by atoms with van der Waals surface area (Å²) < 4.78 is 13.0. The lowest BCUT2D eigenvalue weighted by Gasteiger charge is -2.11. The number of nitrogens with zero attached hydrogens (tertiary/aromatic N) is 1. The van der Waals surface area contributed by atoms with E-state index < -0.39 is 17.9 Å².